The topological polar surface area (TPSA) is 78.7 Å². The van der Waals surface area contributed by atoms with Gasteiger partial charge in [0.05, 0.1) is 21.5 Å². The molecule has 1 N–H and O–H groups in total. The lowest BCUT2D eigenvalue weighted by atomic mass is 10.2. The summed E-state index contributed by atoms with van der Waals surface area (Å²) >= 11 is 1.64. The highest BCUT2D eigenvalue weighted by Gasteiger charge is 2.28. The number of rotatable bonds is 4. The predicted molar refractivity (Wildman–Crippen MR) is 109 cm³/mol. The lowest BCUT2D eigenvalue weighted by Crippen LogP contribution is -2.53. The Kier molecular flexibility index (Phi) is 5.04. The summed E-state index contributed by atoms with van der Waals surface area (Å²) in [4.78, 5) is 33.1. The predicted octanol–water partition coefficient (Wildman–Crippen LogP) is 2.98. The molecule has 0 unspecified atom stereocenters. The number of hydrogen-bond donors (Lipinski definition) is 1. The van der Waals surface area contributed by atoms with Gasteiger partial charge >= 0.3 is 0 Å². The molecule has 1 atom stereocenters. The molecule has 1 fully saturated rings. The summed E-state index contributed by atoms with van der Waals surface area (Å²) in [6, 6.07) is 8.96. The Morgan fingerprint density at radius 2 is 1.93 bits per heavy atom. The maximum atomic E-state index is 12.8. The van der Waals surface area contributed by atoms with Crippen LogP contribution in [0.1, 0.15) is 22.5 Å². The molecule has 2 amide bonds. The van der Waals surface area contributed by atoms with Crippen molar-refractivity contribution in [3.05, 3.63) is 47.4 Å². The minimum atomic E-state index is -0.348. The van der Waals surface area contributed by atoms with Crippen LogP contribution in [0.15, 0.2) is 41.0 Å². The van der Waals surface area contributed by atoms with Crippen molar-refractivity contribution in [2.45, 2.75) is 19.9 Å². The highest BCUT2D eigenvalue weighted by atomic mass is 32.1. The van der Waals surface area contributed by atoms with Gasteiger partial charge in [-0.25, -0.2) is 4.98 Å². The Hall–Kier alpha value is -2.87. The zero-order valence-electron chi connectivity index (χ0n) is 15.8. The zero-order valence-corrected chi connectivity index (χ0v) is 16.7. The Bertz CT molecular complexity index is 990. The van der Waals surface area contributed by atoms with Gasteiger partial charge in [-0.3, -0.25) is 9.59 Å². The first-order chi connectivity index (χ1) is 13.5. The highest BCUT2D eigenvalue weighted by Crippen LogP contribution is 2.25. The Morgan fingerprint density at radius 1 is 1.18 bits per heavy atom. The van der Waals surface area contributed by atoms with Crippen molar-refractivity contribution in [1.29, 1.82) is 0 Å². The van der Waals surface area contributed by atoms with E-state index in [-0.39, 0.29) is 17.9 Å². The van der Waals surface area contributed by atoms with Crippen molar-refractivity contribution in [1.82, 2.24) is 14.8 Å². The van der Waals surface area contributed by atoms with Gasteiger partial charge in [0.2, 0.25) is 5.91 Å². The van der Waals surface area contributed by atoms with Gasteiger partial charge in [0.25, 0.3) is 5.91 Å². The molecular formula is C20H22N4O3S. The molecule has 3 heterocycles. The number of piperazine rings is 1. The normalized spacial score (nSPS) is 15.6. The molecule has 0 aliphatic carbocycles. The molecule has 1 aromatic carbocycles. The number of thiazole rings is 1. The van der Waals surface area contributed by atoms with Gasteiger partial charge in [-0.15, -0.1) is 11.3 Å². The van der Waals surface area contributed by atoms with E-state index in [9.17, 15) is 9.59 Å². The minimum absolute atomic E-state index is 0.0330. The SMILES string of the molecule is Cc1nc2ccc(N[C@@H](C)C(=O)N3CCN(C(=O)c4ccco4)CC3)cc2s1. The fourth-order valence-corrected chi connectivity index (χ4v) is 4.27. The average Bonchev–Trinajstić information content (AvgIpc) is 3.35. The summed E-state index contributed by atoms with van der Waals surface area (Å²) in [5.74, 6) is 0.241. The van der Waals surface area contributed by atoms with Crippen LogP contribution >= 0.6 is 11.3 Å². The molecule has 0 radical (unpaired) electrons. The van der Waals surface area contributed by atoms with E-state index in [1.54, 1.807) is 33.3 Å². The minimum Gasteiger partial charge on any atom is -0.459 e. The third kappa shape index (κ3) is 3.73. The van der Waals surface area contributed by atoms with E-state index in [1.165, 1.54) is 6.26 Å². The number of aryl methyl sites for hydroxylation is 1. The number of carbonyl (C=O) groups excluding carboxylic acids is 2. The molecule has 0 bridgehead atoms. The third-order valence-electron chi connectivity index (χ3n) is 4.86. The molecule has 1 aliphatic heterocycles. The molecule has 28 heavy (non-hydrogen) atoms. The van der Waals surface area contributed by atoms with Gasteiger partial charge in [0.15, 0.2) is 5.76 Å². The van der Waals surface area contributed by atoms with Crippen LogP contribution < -0.4 is 5.32 Å². The summed E-state index contributed by atoms with van der Waals surface area (Å²) < 4.78 is 6.28. The van der Waals surface area contributed by atoms with Crippen LogP contribution in [0.3, 0.4) is 0 Å². The first-order valence-corrected chi connectivity index (χ1v) is 10.1. The molecule has 4 rings (SSSR count). The number of nitrogens with one attached hydrogen (secondary N) is 1. The van der Waals surface area contributed by atoms with Crippen LogP contribution in [-0.2, 0) is 4.79 Å². The molecule has 1 aliphatic rings. The van der Waals surface area contributed by atoms with Crippen LogP contribution in [0.4, 0.5) is 5.69 Å². The molecule has 8 heteroatoms. The van der Waals surface area contributed by atoms with E-state index in [0.29, 0.717) is 31.9 Å². The van der Waals surface area contributed by atoms with E-state index in [0.717, 1.165) is 20.9 Å². The maximum Gasteiger partial charge on any atom is 0.289 e. The summed E-state index contributed by atoms with van der Waals surface area (Å²) in [5, 5.41) is 4.31. The summed E-state index contributed by atoms with van der Waals surface area (Å²) in [6.07, 6.45) is 1.49. The van der Waals surface area contributed by atoms with E-state index in [2.05, 4.69) is 10.3 Å². The van der Waals surface area contributed by atoms with Crippen molar-refractivity contribution < 1.29 is 14.0 Å². The zero-order chi connectivity index (χ0) is 19.7. The van der Waals surface area contributed by atoms with Crippen LogP contribution in [0, 0.1) is 6.92 Å². The van der Waals surface area contributed by atoms with Crippen molar-refractivity contribution in [3.8, 4) is 0 Å². The van der Waals surface area contributed by atoms with Gasteiger partial charge in [-0.2, -0.15) is 0 Å². The molecule has 146 valence electrons. The van der Waals surface area contributed by atoms with Gasteiger partial charge in [0, 0.05) is 31.9 Å². The van der Waals surface area contributed by atoms with Crippen molar-refractivity contribution in [2.24, 2.45) is 0 Å². The fraction of sp³-hybridized carbons (Fsp3) is 0.350. The van der Waals surface area contributed by atoms with Crippen molar-refractivity contribution in [2.75, 3.05) is 31.5 Å². The largest absolute Gasteiger partial charge is 0.459 e. The van der Waals surface area contributed by atoms with Gasteiger partial charge in [-0.05, 0) is 44.2 Å². The van der Waals surface area contributed by atoms with Crippen molar-refractivity contribution >= 4 is 39.1 Å². The lowest BCUT2D eigenvalue weighted by Gasteiger charge is -2.35. The summed E-state index contributed by atoms with van der Waals surface area (Å²) in [7, 11) is 0. The Labute approximate surface area is 166 Å². The molecular weight excluding hydrogens is 376 g/mol. The Morgan fingerprint density at radius 3 is 2.64 bits per heavy atom. The van der Waals surface area contributed by atoms with Crippen LogP contribution in [0.25, 0.3) is 10.2 Å². The van der Waals surface area contributed by atoms with E-state index < -0.39 is 0 Å². The first-order valence-electron chi connectivity index (χ1n) is 9.26. The molecule has 7 nitrogen and oxygen atoms in total. The highest BCUT2D eigenvalue weighted by molar-refractivity contribution is 7.18. The van der Waals surface area contributed by atoms with E-state index in [1.807, 2.05) is 32.0 Å². The number of benzene rings is 1. The van der Waals surface area contributed by atoms with E-state index in [4.69, 9.17) is 4.42 Å². The molecule has 1 saturated heterocycles. The van der Waals surface area contributed by atoms with Crippen LogP contribution in [0.2, 0.25) is 0 Å². The van der Waals surface area contributed by atoms with Gasteiger partial charge in [0.1, 0.15) is 6.04 Å². The second-order valence-electron chi connectivity index (χ2n) is 6.88. The lowest BCUT2D eigenvalue weighted by molar-refractivity contribution is -0.133. The van der Waals surface area contributed by atoms with Crippen LogP contribution in [-0.4, -0.2) is 58.8 Å². The number of hydrogen-bond acceptors (Lipinski definition) is 6. The van der Waals surface area contributed by atoms with Gasteiger partial charge < -0.3 is 19.5 Å². The number of amides is 2. The van der Waals surface area contributed by atoms with Gasteiger partial charge in [-0.1, -0.05) is 0 Å². The second kappa shape index (κ2) is 7.63. The fourth-order valence-electron chi connectivity index (χ4n) is 3.40. The van der Waals surface area contributed by atoms with E-state index >= 15 is 0 Å². The molecule has 0 saturated carbocycles. The second-order valence-corrected chi connectivity index (χ2v) is 8.11. The summed E-state index contributed by atoms with van der Waals surface area (Å²) in [6.45, 7) is 5.90. The first kappa shape index (κ1) is 18.5. The average molecular weight is 398 g/mol. The number of anilines is 1. The Balaban J connectivity index is 1.34. The van der Waals surface area contributed by atoms with Crippen LogP contribution in [0.5, 0.6) is 0 Å². The quantitative estimate of drug-likeness (QED) is 0.731. The number of carbonyl (C=O) groups is 2. The number of nitrogens with zero attached hydrogens (tertiary/aromatic N) is 3. The smallest absolute Gasteiger partial charge is 0.289 e. The summed E-state index contributed by atoms with van der Waals surface area (Å²) in [5.41, 5.74) is 1.88. The number of fused-ring (bicyclic) bond motifs is 1. The maximum absolute atomic E-state index is 12.8. The van der Waals surface area contributed by atoms with Crippen molar-refractivity contribution in [3.63, 3.8) is 0 Å². The monoisotopic (exact) mass is 398 g/mol. The number of aromatic nitrogens is 1. The standard InChI is InChI=1S/C20H22N4O3S/c1-13(21-15-5-6-16-18(12-15)28-14(2)22-16)19(25)23-7-9-24(10-8-23)20(26)17-4-3-11-27-17/h3-6,11-13,21H,7-10H2,1-2H3/t13-/m0/s1. The molecule has 2 aromatic heterocycles. The molecule has 0 spiro atoms. The number of furan rings is 1. The third-order valence-corrected chi connectivity index (χ3v) is 5.79. The molecule has 3 aromatic rings.